The van der Waals surface area contributed by atoms with Gasteiger partial charge in [0.15, 0.2) is 5.78 Å². The number of ketones is 1. The molecule has 0 aromatic rings. The number of aliphatic hydroxyl groups excluding tert-OH is 1. The van der Waals surface area contributed by atoms with Crippen LogP contribution in [-0.2, 0) is 23.9 Å². The van der Waals surface area contributed by atoms with E-state index in [0.717, 1.165) is 96.3 Å². The van der Waals surface area contributed by atoms with E-state index in [1.165, 1.54) is 5.57 Å². The van der Waals surface area contributed by atoms with Crippen LogP contribution in [0.1, 0.15) is 127 Å². The normalized spacial score (nSPS) is 39.6. The third kappa shape index (κ3) is 6.57. The molecule has 9 heteroatoms. The molecule has 0 spiro atoms. The number of hydrogen-bond donors (Lipinski definition) is 2. The molecule has 1 heterocycles. The molecule has 6 aliphatic rings. The Hall–Kier alpha value is -1.81. The molecule has 0 bridgehead atoms. The van der Waals surface area contributed by atoms with Gasteiger partial charge in [0.2, 0.25) is 0 Å². The van der Waals surface area contributed by atoms with Crippen molar-refractivity contribution in [3.8, 4) is 0 Å². The van der Waals surface area contributed by atoms with Crippen LogP contribution in [0.15, 0.2) is 11.1 Å². The number of ether oxygens (including phenoxy) is 2. The monoisotopic (exact) mass is 741 g/mol. The Morgan fingerprint density at radius 3 is 2.17 bits per heavy atom. The lowest BCUT2D eigenvalue weighted by atomic mass is 9.33. The minimum atomic E-state index is -1.16. The Kier molecular flexibility index (Phi) is 11.0. The summed E-state index contributed by atoms with van der Waals surface area (Å²) in [6, 6.07) is 0. The van der Waals surface area contributed by atoms with E-state index in [4.69, 9.17) is 9.47 Å². The van der Waals surface area contributed by atoms with Gasteiger partial charge < -0.3 is 19.7 Å². The van der Waals surface area contributed by atoms with E-state index in [1.807, 2.05) is 0 Å². The fourth-order valence-corrected chi connectivity index (χ4v) is 13.7. The molecule has 300 valence electrons. The summed E-state index contributed by atoms with van der Waals surface area (Å²) >= 11 is 0. The van der Waals surface area contributed by atoms with Gasteiger partial charge in [-0.3, -0.25) is 24.2 Å². The van der Waals surface area contributed by atoms with Gasteiger partial charge in [0.05, 0.1) is 24.5 Å². The lowest BCUT2D eigenvalue weighted by Gasteiger charge is -2.72. The summed E-state index contributed by atoms with van der Waals surface area (Å²) in [7, 11) is 1.75. The zero-order valence-electron chi connectivity index (χ0n) is 34.8. The first-order chi connectivity index (χ1) is 24.7. The largest absolute Gasteiger partial charge is 0.481 e. The standard InChI is InChI=1S/C44H72N2O7/c1-28(2)36-30(47)25-44(33(48)27-46-21-19-45(20-22-46)23-24-52-10)18-17-42(8)29(37(36)44)11-12-32-41(7)15-14-34(53-35(49)26-39(3,4)38(50)51)40(5,6)31(41)13-16-43(32,42)9/h28-29,31-34,48H,11-27H2,1-10H3,(H,50,51)/t29-,31+,32-,33+,34+,41+,42-,43-,44+/m1/s1. The topological polar surface area (TPSA) is 117 Å². The second-order valence-corrected chi connectivity index (χ2v) is 20.7. The number of β-amino-alcohol motifs (C(OH)–C–C–N with tert-alkyl or cyclic N) is 1. The Balaban J connectivity index is 1.25. The third-order valence-electron chi connectivity index (χ3n) is 17.0. The Labute approximate surface area is 320 Å². The van der Waals surface area contributed by atoms with E-state index >= 15 is 0 Å². The van der Waals surface area contributed by atoms with Gasteiger partial charge in [-0.25, -0.2) is 0 Å². The number of nitrogens with zero attached hydrogens (tertiary/aromatic N) is 2. The van der Waals surface area contributed by atoms with Crippen LogP contribution in [0.5, 0.6) is 0 Å². The minimum Gasteiger partial charge on any atom is -0.481 e. The van der Waals surface area contributed by atoms with Crippen LogP contribution in [0.25, 0.3) is 0 Å². The number of rotatable bonds is 11. The number of allylic oxidation sites excluding steroid dienone is 1. The predicted octanol–water partition coefficient (Wildman–Crippen LogP) is 7.00. The molecule has 0 aromatic carbocycles. The van der Waals surface area contributed by atoms with Crippen molar-refractivity contribution in [1.82, 2.24) is 9.80 Å². The zero-order valence-corrected chi connectivity index (χ0v) is 34.8. The van der Waals surface area contributed by atoms with Crippen molar-refractivity contribution in [2.75, 3.05) is 53.0 Å². The molecule has 1 saturated heterocycles. The van der Waals surface area contributed by atoms with Gasteiger partial charge in [0, 0.05) is 63.6 Å². The first-order valence-electron chi connectivity index (χ1n) is 21.0. The number of piperazine rings is 1. The minimum absolute atomic E-state index is 0.00998. The van der Waals surface area contributed by atoms with Gasteiger partial charge in [-0.2, -0.15) is 0 Å². The number of carboxylic acid groups (broad SMARTS) is 1. The molecule has 0 aromatic heterocycles. The molecule has 5 fully saturated rings. The molecule has 0 amide bonds. The lowest BCUT2D eigenvalue weighted by molar-refractivity contribution is -0.235. The number of carbonyl (C=O) groups excluding carboxylic acids is 2. The molecule has 0 radical (unpaired) electrons. The molecule has 9 atom stereocenters. The zero-order chi connectivity index (χ0) is 38.9. The fourth-order valence-electron chi connectivity index (χ4n) is 13.7. The molecule has 9 nitrogen and oxygen atoms in total. The predicted molar refractivity (Wildman–Crippen MR) is 206 cm³/mol. The summed E-state index contributed by atoms with van der Waals surface area (Å²) in [4.78, 5) is 43.9. The van der Waals surface area contributed by atoms with Crippen LogP contribution in [0, 0.1) is 56.2 Å². The highest BCUT2D eigenvalue weighted by Gasteiger charge is 2.71. The fraction of sp³-hybridized carbons (Fsp3) is 0.886. The summed E-state index contributed by atoms with van der Waals surface area (Å²) in [6.45, 7) is 25.9. The van der Waals surface area contributed by atoms with Crippen LogP contribution < -0.4 is 0 Å². The molecular formula is C44H72N2O7. The molecule has 1 aliphatic heterocycles. The van der Waals surface area contributed by atoms with Crippen LogP contribution in [0.3, 0.4) is 0 Å². The van der Waals surface area contributed by atoms with Gasteiger partial charge >= 0.3 is 11.9 Å². The van der Waals surface area contributed by atoms with E-state index in [1.54, 1.807) is 21.0 Å². The average Bonchev–Trinajstić information content (AvgIpc) is 3.39. The average molecular weight is 741 g/mol. The highest BCUT2D eigenvalue weighted by molar-refractivity contribution is 6.00. The first kappa shape index (κ1) is 40.8. The van der Waals surface area contributed by atoms with Crippen LogP contribution in [0.4, 0.5) is 0 Å². The molecular weight excluding hydrogens is 668 g/mol. The van der Waals surface area contributed by atoms with Crippen molar-refractivity contribution in [3.05, 3.63) is 11.1 Å². The Morgan fingerprint density at radius 1 is 0.887 bits per heavy atom. The number of fused-ring (bicyclic) bond motifs is 7. The van der Waals surface area contributed by atoms with E-state index < -0.39 is 28.9 Å². The summed E-state index contributed by atoms with van der Waals surface area (Å²) in [6.07, 6.45) is 7.52. The molecule has 5 aliphatic carbocycles. The molecule has 6 rings (SSSR count). The molecule has 2 N–H and O–H groups in total. The van der Waals surface area contributed by atoms with Gasteiger partial charge in [-0.1, -0.05) is 54.0 Å². The number of aliphatic hydroxyl groups is 1. The highest BCUT2D eigenvalue weighted by Crippen LogP contribution is 2.77. The van der Waals surface area contributed by atoms with Crippen molar-refractivity contribution >= 4 is 17.7 Å². The van der Waals surface area contributed by atoms with E-state index in [-0.39, 0.29) is 51.8 Å². The number of carbonyl (C=O) groups is 3. The second kappa shape index (κ2) is 14.3. The maximum absolute atomic E-state index is 14.1. The molecule has 53 heavy (non-hydrogen) atoms. The summed E-state index contributed by atoms with van der Waals surface area (Å²) in [5, 5.41) is 22.0. The second-order valence-electron chi connectivity index (χ2n) is 20.7. The van der Waals surface area contributed by atoms with E-state index in [2.05, 4.69) is 58.3 Å². The highest BCUT2D eigenvalue weighted by atomic mass is 16.5. The summed E-state index contributed by atoms with van der Waals surface area (Å²) in [5.74, 6) is 0.175. The van der Waals surface area contributed by atoms with Gasteiger partial charge in [0.1, 0.15) is 6.10 Å². The number of carboxylic acids is 1. The van der Waals surface area contributed by atoms with E-state index in [0.29, 0.717) is 24.8 Å². The summed E-state index contributed by atoms with van der Waals surface area (Å²) < 4.78 is 11.5. The first-order valence-corrected chi connectivity index (χ1v) is 21.0. The SMILES string of the molecule is COCCN1CCN(C[C@H](O)[C@@]23CC[C@]4(C)[C@H](CC[C@@H]5[C@@]6(C)CC[C@H](OC(=O)CC(C)(C)C(=O)O)C(C)(C)[C@@H]6CC[C@]54C)C2=C(C(C)C)C(=O)C3)CC1. The number of esters is 1. The van der Waals surface area contributed by atoms with Crippen LogP contribution in [-0.4, -0.2) is 103 Å². The Morgan fingerprint density at radius 2 is 1.55 bits per heavy atom. The number of aliphatic carboxylic acids is 1. The van der Waals surface area contributed by atoms with Gasteiger partial charge in [-0.15, -0.1) is 0 Å². The van der Waals surface area contributed by atoms with Crippen molar-refractivity contribution in [3.63, 3.8) is 0 Å². The Bertz CT molecular complexity index is 1460. The quantitative estimate of drug-likeness (QED) is 0.216. The number of methoxy groups -OCH3 is 1. The van der Waals surface area contributed by atoms with Crippen LogP contribution in [0.2, 0.25) is 0 Å². The maximum Gasteiger partial charge on any atom is 0.309 e. The van der Waals surface area contributed by atoms with Gasteiger partial charge in [0.25, 0.3) is 0 Å². The van der Waals surface area contributed by atoms with Crippen molar-refractivity contribution in [2.24, 2.45) is 56.2 Å². The smallest absolute Gasteiger partial charge is 0.309 e. The lowest BCUT2D eigenvalue weighted by Crippen LogP contribution is -2.66. The van der Waals surface area contributed by atoms with Crippen molar-refractivity contribution in [1.29, 1.82) is 0 Å². The van der Waals surface area contributed by atoms with Crippen molar-refractivity contribution in [2.45, 2.75) is 139 Å². The van der Waals surface area contributed by atoms with Crippen LogP contribution >= 0.6 is 0 Å². The third-order valence-corrected chi connectivity index (χ3v) is 17.0. The number of Topliss-reactive ketones (excluding diaryl/α,β-unsaturated/α-hetero) is 1. The van der Waals surface area contributed by atoms with Gasteiger partial charge in [-0.05, 0) is 111 Å². The van der Waals surface area contributed by atoms with Crippen molar-refractivity contribution < 1.29 is 34.1 Å². The molecule has 0 unspecified atom stereocenters. The maximum atomic E-state index is 14.1. The molecule has 4 saturated carbocycles. The summed E-state index contributed by atoms with van der Waals surface area (Å²) in [5.41, 5.74) is 0.657. The van der Waals surface area contributed by atoms with E-state index in [9.17, 15) is 24.6 Å². The number of hydrogen-bond acceptors (Lipinski definition) is 8.